The molecule has 0 unspecified atom stereocenters. The van der Waals surface area contributed by atoms with Crippen molar-refractivity contribution in [3.63, 3.8) is 0 Å². The number of hydrogen-bond donors (Lipinski definition) is 1. The van der Waals surface area contributed by atoms with Crippen LogP contribution in [-0.2, 0) is 28.9 Å². The number of aryl methyl sites for hydroxylation is 2. The van der Waals surface area contributed by atoms with E-state index in [1.54, 1.807) is 0 Å². The van der Waals surface area contributed by atoms with Crippen molar-refractivity contribution in [2.45, 2.75) is 32.7 Å². The number of nitrogens with zero attached hydrogens (tertiary/aromatic N) is 2. The molecule has 1 N–H and O–H groups in total. The Kier molecular flexibility index (Phi) is 7.64. The van der Waals surface area contributed by atoms with Crippen LogP contribution in [0.25, 0.3) is 11.0 Å². The molecule has 3 rings (SSSR count). The monoisotopic (exact) mass is 395 g/mol. The first-order chi connectivity index (χ1) is 14.2. The number of carbonyl (C=O) groups excluding carboxylic acids is 1. The van der Waals surface area contributed by atoms with E-state index in [2.05, 4.69) is 35.0 Å². The molecule has 0 bridgehead atoms. The number of imidazole rings is 1. The Morgan fingerprint density at radius 2 is 1.93 bits per heavy atom. The molecule has 0 atom stereocenters. The Labute approximate surface area is 171 Å². The number of hydrogen-bond acceptors (Lipinski definition) is 4. The average Bonchev–Trinajstić information content (AvgIpc) is 3.09. The van der Waals surface area contributed by atoms with Crippen molar-refractivity contribution in [1.29, 1.82) is 0 Å². The largest absolute Gasteiger partial charge is 0.492 e. The minimum Gasteiger partial charge on any atom is -0.492 e. The number of para-hydroxylation sites is 2. The van der Waals surface area contributed by atoms with Gasteiger partial charge in [-0.2, -0.15) is 0 Å². The predicted molar refractivity (Wildman–Crippen MR) is 114 cm³/mol. The van der Waals surface area contributed by atoms with Crippen molar-refractivity contribution in [3.05, 3.63) is 59.9 Å². The SMILES string of the molecule is CCc1ccc(OCCn2c(CCCNC(=O)COC)nc3ccccc32)cc1. The van der Waals surface area contributed by atoms with Crippen molar-refractivity contribution in [2.75, 3.05) is 26.9 Å². The number of benzene rings is 2. The molecule has 1 amide bonds. The van der Waals surface area contributed by atoms with Gasteiger partial charge in [0.05, 0.1) is 17.6 Å². The summed E-state index contributed by atoms with van der Waals surface area (Å²) in [6.45, 7) is 4.14. The van der Waals surface area contributed by atoms with Gasteiger partial charge in [-0.3, -0.25) is 4.79 Å². The Bertz CT molecular complexity index is 919. The molecular weight excluding hydrogens is 366 g/mol. The van der Waals surface area contributed by atoms with E-state index >= 15 is 0 Å². The minimum absolute atomic E-state index is 0.0923. The predicted octanol–water partition coefficient (Wildman–Crippen LogP) is 3.37. The minimum atomic E-state index is -0.0940. The van der Waals surface area contributed by atoms with Crippen LogP contribution in [0.15, 0.2) is 48.5 Å². The number of amides is 1. The van der Waals surface area contributed by atoms with E-state index in [0.717, 1.165) is 48.4 Å². The van der Waals surface area contributed by atoms with Crippen LogP contribution in [0, 0.1) is 0 Å². The molecule has 0 radical (unpaired) electrons. The third-order valence-corrected chi connectivity index (χ3v) is 4.82. The zero-order valence-corrected chi connectivity index (χ0v) is 17.2. The van der Waals surface area contributed by atoms with Gasteiger partial charge in [0.1, 0.15) is 24.8 Å². The van der Waals surface area contributed by atoms with Crippen LogP contribution in [-0.4, -0.2) is 42.3 Å². The van der Waals surface area contributed by atoms with E-state index in [-0.39, 0.29) is 12.5 Å². The van der Waals surface area contributed by atoms with Gasteiger partial charge in [-0.25, -0.2) is 4.98 Å². The van der Waals surface area contributed by atoms with Crippen LogP contribution in [0.2, 0.25) is 0 Å². The van der Waals surface area contributed by atoms with Crippen LogP contribution >= 0.6 is 0 Å². The molecular formula is C23H29N3O3. The molecule has 0 aliphatic carbocycles. The molecule has 6 nitrogen and oxygen atoms in total. The summed E-state index contributed by atoms with van der Waals surface area (Å²) in [5, 5.41) is 2.86. The van der Waals surface area contributed by atoms with Gasteiger partial charge in [0.25, 0.3) is 0 Å². The number of fused-ring (bicyclic) bond motifs is 1. The fourth-order valence-corrected chi connectivity index (χ4v) is 3.30. The Morgan fingerprint density at radius 1 is 1.14 bits per heavy atom. The topological polar surface area (TPSA) is 65.4 Å². The molecule has 154 valence electrons. The van der Waals surface area contributed by atoms with Gasteiger partial charge in [-0.05, 0) is 42.7 Å². The van der Waals surface area contributed by atoms with Crippen molar-refractivity contribution >= 4 is 16.9 Å². The van der Waals surface area contributed by atoms with Crippen LogP contribution in [0.5, 0.6) is 5.75 Å². The third kappa shape index (κ3) is 5.81. The van der Waals surface area contributed by atoms with Crippen LogP contribution in [0.1, 0.15) is 24.7 Å². The Morgan fingerprint density at radius 3 is 2.69 bits per heavy atom. The van der Waals surface area contributed by atoms with Gasteiger partial charge in [-0.15, -0.1) is 0 Å². The maximum Gasteiger partial charge on any atom is 0.245 e. The van der Waals surface area contributed by atoms with Gasteiger partial charge in [0.15, 0.2) is 0 Å². The molecule has 0 saturated heterocycles. The lowest BCUT2D eigenvalue weighted by molar-refractivity contribution is -0.124. The highest BCUT2D eigenvalue weighted by Gasteiger charge is 2.10. The van der Waals surface area contributed by atoms with E-state index in [1.165, 1.54) is 12.7 Å². The summed E-state index contributed by atoms with van der Waals surface area (Å²) in [5.41, 5.74) is 3.40. The second-order valence-corrected chi connectivity index (χ2v) is 6.90. The highest BCUT2D eigenvalue weighted by molar-refractivity contribution is 5.77. The normalized spacial score (nSPS) is 11.0. The van der Waals surface area contributed by atoms with Gasteiger partial charge in [-0.1, -0.05) is 31.2 Å². The van der Waals surface area contributed by atoms with E-state index in [9.17, 15) is 4.79 Å². The molecule has 2 aromatic carbocycles. The van der Waals surface area contributed by atoms with E-state index in [4.69, 9.17) is 14.5 Å². The summed E-state index contributed by atoms with van der Waals surface area (Å²) in [6, 6.07) is 16.4. The van der Waals surface area contributed by atoms with E-state index < -0.39 is 0 Å². The number of aromatic nitrogens is 2. The maximum atomic E-state index is 11.5. The summed E-state index contributed by atoms with van der Waals surface area (Å²) < 4.78 is 13.0. The first-order valence-corrected chi connectivity index (χ1v) is 10.1. The summed E-state index contributed by atoms with van der Waals surface area (Å²) >= 11 is 0. The van der Waals surface area contributed by atoms with Crippen molar-refractivity contribution < 1.29 is 14.3 Å². The van der Waals surface area contributed by atoms with Crippen LogP contribution in [0.4, 0.5) is 0 Å². The molecule has 1 aromatic heterocycles. The second-order valence-electron chi connectivity index (χ2n) is 6.90. The van der Waals surface area contributed by atoms with Crippen LogP contribution in [0.3, 0.4) is 0 Å². The van der Waals surface area contributed by atoms with Gasteiger partial charge >= 0.3 is 0 Å². The molecule has 0 aliphatic rings. The zero-order chi connectivity index (χ0) is 20.5. The summed E-state index contributed by atoms with van der Waals surface area (Å²) in [7, 11) is 1.52. The molecule has 29 heavy (non-hydrogen) atoms. The summed E-state index contributed by atoms with van der Waals surface area (Å²) in [4.78, 5) is 16.3. The highest BCUT2D eigenvalue weighted by atomic mass is 16.5. The van der Waals surface area contributed by atoms with E-state index in [0.29, 0.717) is 13.2 Å². The highest BCUT2D eigenvalue weighted by Crippen LogP contribution is 2.18. The second kappa shape index (κ2) is 10.6. The standard InChI is InChI=1S/C23H29N3O3/c1-3-18-10-12-19(13-11-18)29-16-15-26-21-8-5-4-7-20(21)25-22(26)9-6-14-24-23(27)17-28-2/h4-5,7-8,10-13H,3,6,9,14-17H2,1-2H3,(H,24,27). The first-order valence-electron chi connectivity index (χ1n) is 10.1. The smallest absolute Gasteiger partial charge is 0.245 e. The fourth-order valence-electron chi connectivity index (χ4n) is 3.30. The lowest BCUT2D eigenvalue weighted by Crippen LogP contribution is -2.28. The first kappa shape index (κ1) is 20.9. The van der Waals surface area contributed by atoms with Crippen molar-refractivity contribution in [1.82, 2.24) is 14.9 Å². The third-order valence-electron chi connectivity index (χ3n) is 4.82. The lowest BCUT2D eigenvalue weighted by atomic mass is 10.2. The zero-order valence-electron chi connectivity index (χ0n) is 17.2. The lowest BCUT2D eigenvalue weighted by Gasteiger charge is -2.11. The number of rotatable bonds is 11. The Balaban J connectivity index is 1.60. The molecule has 6 heteroatoms. The van der Waals surface area contributed by atoms with Crippen molar-refractivity contribution in [2.24, 2.45) is 0 Å². The summed E-state index contributed by atoms with van der Waals surface area (Å²) in [6.07, 6.45) is 2.63. The summed E-state index contributed by atoms with van der Waals surface area (Å²) in [5.74, 6) is 1.80. The fraction of sp³-hybridized carbons (Fsp3) is 0.391. The number of ether oxygens (including phenoxy) is 2. The molecule has 0 spiro atoms. The quantitative estimate of drug-likeness (QED) is 0.506. The molecule has 0 aliphatic heterocycles. The number of nitrogens with one attached hydrogen (secondary N) is 1. The number of carbonyl (C=O) groups is 1. The van der Waals surface area contributed by atoms with Gasteiger partial charge < -0.3 is 19.4 Å². The molecule has 1 heterocycles. The molecule has 0 saturated carbocycles. The van der Waals surface area contributed by atoms with Crippen LogP contribution < -0.4 is 10.1 Å². The Hall–Kier alpha value is -2.86. The average molecular weight is 396 g/mol. The van der Waals surface area contributed by atoms with Gasteiger partial charge in [0, 0.05) is 20.1 Å². The molecule has 3 aromatic rings. The van der Waals surface area contributed by atoms with E-state index in [1.807, 2.05) is 30.3 Å². The number of methoxy groups -OCH3 is 1. The van der Waals surface area contributed by atoms with Crippen molar-refractivity contribution in [3.8, 4) is 5.75 Å². The maximum absolute atomic E-state index is 11.5. The van der Waals surface area contributed by atoms with Gasteiger partial charge in [0.2, 0.25) is 5.91 Å². The molecule has 0 fully saturated rings.